The van der Waals surface area contributed by atoms with Crippen LogP contribution in [-0.4, -0.2) is 60.0 Å². The second-order valence-electron chi connectivity index (χ2n) is 8.97. The first kappa shape index (κ1) is 18.0. The molecule has 5 rings (SSSR count). The molecule has 1 saturated carbocycles. The minimum absolute atomic E-state index is 0.110. The van der Waals surface area contributed by atoms with Gasteiger partial charge in [0.2, 0.25) is 5.91 Å². The van der Waals surface area contributed by atoms with Gasteiger partial charge in [-0.25, -0.2) is 4.79 Å². The van der Waals surface area contributed by atoms with Crippen molar-refractivity contribution in [3.63, 3.8) is 0 Å². The minimum atomic E-state index is -0.957. The molecule has 0 spiro atoms. The fraction of sp³-hybridized carbons (Fsp3) is 0.591. The number of carbonyl (C=O) groups is 2. The van der Waals surface area contributed by atoms with Gasteiger partial charge in [-0.05, 0) is 75.7 Å². The molecule has 1 atom stereocenters. The molecule has 0 bridgehead atoms. The van der Waals surface area contributed by atoms with Crippen molar-refractivity contribution < 1.29 is 9.59 Å². The fourth-order valence-electron chi connectivity index (χ4n) is 5.34. The van der Waals surface area contributed by atoms with Crippen molar-refractivity contribution in [3.05, 3.63) is 36.2 Å². The first-order chi connectivity index (χ1) is 13.5. The van der Waals surface area contributed by atoms with Gasteiger partial charge in [0.25, 0.3) is 0 Å². The summed E-state index contributed by atoms with van der Waals surface area (Å²) < 4.78 is 0. The summed E-state index contributed by atoms with van der Waals surface area (Å²) in [5.74, 6) is -0.429. The first-order valence-corrected chi connectivity index (χ1v) is 10.6. The number of likely N-dealkylation sites (tertiary alicyclic amines) is 1. The molecule has 28 heavy (non-hydrogen) atoms. The number of benzene rings is 1. The SMILES string of the molecule is NC(=O)[C@]12[CH]CCCN1C(=O)N(c1ccc(C3(CN4CCCC4)CC3)cc1)C2. The van der Waals surface area contributed by atoms with Crippen LogP contribution in [0.2, 0.25) is 0 Å². The normalized spacial score (nSPS) is 29.2. The number of amides is 3. The van der Waals surface area contributed by atoms with E-state index in [0.717, 1.165) is 25.1 Å². The standard InChI is InChI=1S/C22H29N4O2/c23-19(27)22-9-1-2-14-26(22)20(28)25(16-22)18-7-5-17(6-8-18)21(10-11-21)15-24-12-3-4-13-24/h5-9H,1-4,10-16H2,(H2,23,27)/t22-/m1/s1. The van der Waals surface area contributed by atoms with Gasteiger partial charge in [-0.3, -0.25) is 9.69 Å². The summed E-state index contributed by atoms with van der Waals surface area (Å²) in [7, 11) is 0. The average Bonchev–Trinajstić information content (AvgIpc) is 3.17. The van der Waals surface area contributed by atoms with Gasteiger partial charge in [-0.1, -0.05) is 12.1 Å². The third-order valence-electron chi connectivity index (χ3n) is 7.21. The van der Waals surface area contributed by atoms with Crippen molar-refractivity contribution >= 4 is 17.6 Å². The lowest BCUT2D eigenvalue weighted by molar-refractivity contribution is -0.126. The summed E-state index contributed by atoms with van der Waals surface area (Å²) >= 11 is 0. The summed E-state index contributed by atoms with van der Waals surface area (Å²) in [5.41, 5.74) is 7.30. The number of hydrogen-bond donors (Lipinski definition) is 1. The van der Waals surface area contributed by atoms with E-state index in [0.29, 0.717) is 18.5 Å². The number of primary amides is 1. The van der Waals surface area contributed by atoms with Gasteiger partial charge in [0.05, 0.1) is 6.54 Å². The van der Waals surface area contributed by atoms with Crippen LogP contribution in [0, 0.1) is 6.42 Å². The second kappa shape index (κ2) is 6.48. The predicted octanol–water partition coefficient (Wildman–Crippen LogP) is 2.28. The number of rotatable bonds is 5. The van der Waals surface area contributed by atoms with Crippen molar-refractivity contribution in [2.24, 2.45) is 5.73 Å². The number of urea groups is 1. The molecule has 3 aliphatic heterocycles. The molecule has 4 fully saturated rings. The minimum Gasteiger partial charge on any atom is -0.368 e. The van der Waals surface area contributed by atoms with E-state index in [1.165, 1.54) is 44.3 Å². The van der Waals surface area contributed by atoms with Gasteiger partial charge in [0.15, 0.2) is 0 Å². The van der Waals surface area contributed by atoms with E-state index in [4.69, 9.17) is 5.73 Å². The largest absolute Gasteiger partial charge is 0.368 e. The third kappa shape index (κ3) is 2.72. The molecule has 4 aliphatic rings. The Hall–Kier alpha value is -2.08. The highest BCUT2D eigenvalue weighted by Gasteiger charge is 2.55. The number of carbonyl (C=O) groups excluding carboxylic acids is 2. The molecule has 1 aromatic rings. The summed E-state index contributed by atoms with van der Waals surface area (Å²) in [6, 6.07) is 8.35. The zero-order valence-corrected chi connectivity index (χ0v) is 16.4. The number of nitrogens with two attached hydrogens (primary N) is 1. The predicted molar refractivity (Wildman–Crippen MR) is 108 cm³/mol. The van der Waals surface area contributed by atoms with Crippen LogP contribution in [0.5, 0.6) is 0 Å². The van der Waals surface area contributed by atoms with Crippen LogP contribution in [0.1, 0.15) is 44.1 Å². The van der Waals surface area contributed by atoms with Crippen LogP contribution >= 0.6 is 0 Å². The lowest BCUT2D eigenvalue weighted by atomic mass is 9.87. The molecule has 6 heteroatoms. The van der Waals surface area contributed by atoms with Crippen molar-refractivity contribution in [3.8, 4) is 0 Å². The summed E-state index contributed by atoms with van der Waals surface area (Å²) in [4.78, 5) is 31.2. The molecule has 1 radical (unpaired) electrons. The van der Waals surface area contributed by atoms with E-state index < -0.39 is 11.4 Å². The summed E-state index contributed by atoms with van der Waals surface area (Å²) in [6.45, 7) is 4.51. The summed E-state index contributed by atoms with van der Waals surface area (Å²) in [6.07, 6.45) is 8.77. The molecule has 0 aromatic heterocycles. The molecule has 149 valence electrons. The molecule has 1 aliphatic carbocycles. The van der Waals surface area contributed by atoms with E-state index in [1.54, 1.807) is 9.80 Å². The van der Waals surface area contributed by atoms with E-state index in [9.17, 15) is 9.59 Å². The fourth-order valence-corrected chi connectivity index (χ4v) is 5.34. The Morgan fingerprint density at radius 1 is 1.04 bits per heavy atom. The Morgan fingerprint density at radius 3 is 2.36 bits per heavy atom. The number of piperidine rings is 1. The second-order valence-corrected chi connectivity index (χ2v) is 8.97. The van der Waals surface area contributed by atoms with Crippen LogP contribution < -0.4 is 10.6 Å². The van der Waals surface area contributed by atoms with Crippen molar-refractivity contribution in [1.29, 1.82) is 0 Å². The molecular weight excluding hydrogens is 352 g/mol. The highest BCUT2D eigenvalue weighted by molar-refractivity contribution is 6.03. The lowest BCUT2D eigenvalue weighted by Crippen LogP contribution is -2.59. The molecule has 0 unspecified atom stereocenters. The smallest absolute Gasteiger partial charge is 0.325 e. The van der Waals surface area contributed by atoms with Gasteiger partial charge < -0.3 is 15.5 Å². The molecule has 2 N–H and O–H groups in total. The Kier molecular flexibility index (Phi) is 4.16. The van der Waals surface area contributed by atoms with E-state index in [-0.39, 0.29) is 6.03 Å². The Labute approximate surface area is 166 Å². The van der Waals surface area contributed by atoms with Crippen molar-refractivity contribution in [2.75, 3.05) is 37.6 Å². The lowest BCUT2D eigenvalue weighted by Gasteiger charge is -2.37. The molecule has 3 heterocycles. The van der Waals surface area contributed by atoms with Crippen molar-refractivity contribution in [1.82, 2.24) is 9.80 Å². The zero-order valence-electron chi connectivity index (χ0n) is 16.4. The zero-order chi connectivity index (χ0) is 19.4. The molecule has 1 aromatic carbocycles. The van der Waals surface area contributed by atoms with Crippen LogP contribution in [0.25, 0.3) is 0 Å². The average molecular weight is 382 g/mol. The molecular formula is C22H29N4O2. The van der Waals surface area contributed by atoms with E-state index in [1.807, 2.05) is 18.6 Å². The Bertz CT molecular complexity index is 782. The molecule has 6 nitrogen and oxygen atoms in total. The van der Waals surface area contributed by atoms with Crippen LogP contribution in [-0.2, 0) is 10.2 Å². The maximum absolute atomic E-state index is 13.0. The van der Waals surface area contributed by atoms with Crippen molar-refractivity contribution in [2.45, 2.75) is 49.5 Å². The quantitative estimate of drug-likeness (QED) is 0.851. The number of nitrogens with zero attached hydrogens (tertiary/aromatic N) is 3. The Balaban J connectivity index is 1.36. The topological polar surface area (TPSA) is 69.9 Å². The number of anilines is 1. The maximum atomic E-state index is 13.0. The monoisotopic (exact) mass is 381 g/mol. The first-order valence-electron chi connectivity index (χ1n) is 10.6. The van der Waals surface area contributed by atoms with E-state index in [2.05, 4.69) is 17.0 Å². The van der Waals surface area contributed by atoms with Gasteiger partial charge in [0.1, 0.15) is 5.54 Å². The van der Waals surface area contributed by atoms with Crippen LogP contribution in [0.4, 0.5) is 10.5 Å². The van der Waals surface area contributed by atoms with Gasteiger partial charge in [-0.2, -0.15) is 0 Å². The van der Waals surface area contributed by atoms with Gasteiger partial charge >= 0.3 is 6.03 Å². The maximum Gasteiger partial charge on any atom is 0.325 e. The van der Waals surface area contributed by atoms with Gasteiger partial charge in [-0.15, -0.1) is 0 Å². The Morgan fingerprint density at radius 2 is 1.75 bits per heavy atom. The highest BCUT2D eigenvalue weighted by atomic mass is 16.2. The molecule has 3 amide bonds. The number of fused-ring (bicyclic) bond motifs is 1. The number of hydrogen-bond acceptors (Lipinski definition) is 3. The van der Waals surface area contributed by atoms with E-state index >= 15 is 0 Å². The van der Waals surface area contributed by atoms with Gasteiger partial charge in [0, 0.05) is 24.2 Å². The highest BCUT2D eigenvalue weighted by Crippen LogP contribution is 2.49. The van der Waals surface area contributed by atoms with Crippen LogP contribution in [0.15, 0.2) is 24.3 Å². The summed E-state index contributed by atoms with van der Waals surface area (Å²) in [5, 5.41) is 0. The van der Waals surface area contributed by atoms with Crippen LogP contribution in [0.3, 0.4) is 0 Å². The molecule has 3 saturated heterocycles. The third-order valence-corrected chi connectivity index (χ3v) is 7.21.